The Bertz CT molecular complexity index is 901. The maximum Gasteiger partial charge on any atom is 0.126 e. The van der Waals surface area contributed by atoms with Gasteiger partial charge in [0.2, 0.25) is 0 Å². The van der Waals surface area contributed by atoms with E-state index in [9.17, 15) is 0 Å². The lowest BCUT2D eigenvalue weighted by Gasteiger charge is -2.08. The van der Waals surface area contributed by atoms with Crippen molar-refractivity contribution >= 4 is 43.5 Å². The van der Waals surface area contributed by atoms with Gasteiger partial charge in [0.1, 0.15) is 16.2 Å². The van der Waals surface area contributed by atoms with Gasteiger partial charge in [0.15, 0.2) is 0 Å². The normalized spacial score (nSPS) is 13.8. The molecule has 0 N–H and O–H groups in total. The van der Waals surface area contributed by atoms with Gasteiger partial charge in [-0.3, -0.25) is 0 Å². The average molecular weight is 372 g/mol. The van der Waals surface area contributed by atoms with Crippen molar-refractivity contribution in [1.29, 1.82) is 0 Å². The van der Waals surface area contributed by atoms with Crippen molar-refractivity contribution in [1.82, 2.24) is 15.0 Å². The van der Waals surface area contributed by atoms with Gasteiger partial charge in [-0.2, -0.15) is 0 Å². The molecule has 0 aliphatic heterocycles. The van der Waals surface area contributed by atoms with Crippen molar-refractivity contribution in [2.45, 2.75) is 70.2 Å². The second-order valence-corrected chi connectivity index (χ2v) is 8.90. The van der Waals surface area contributed by atoms with Crippen LogP contribution < -0.4 is 0 Å². The molecule has 0 bridgehead atoms. The van der Waals surface area contributed by atoms with E-state index in [0.29, 0.717) is 0 Å². The third-order valence-electron chi connectivity index (χ3n) is 5.03. The van der Waals surface area contributed by atoms with E-state index in [-0.39, 0.29) is 0 Å². The first-order valence-electron chi connectivity index (χ1n) is 9.54. The largest absolute Gasteiger partial charge is 0.242 e. The summed E-state index contributed by atoms with van der Waals surface area (Å²) in [5.41, 5.74) is 5.55. The van der Waals surface area contributed by atoms with Crippen LogP contribution in [0.25, 0.3) is 20.4 Å². The zero-order valence-corrected chi connectivity index (χ0v) is 16.7. The number of aryl methyl sites for hydroxylation is 2. The second-order valence-electron chi connectivity index (χ2n) is 6.81. The molecule has 3 heterocycles. The van der Waals surface area contributed by atoms with Gasteiger partial charge < -0.3 is 0 Å². The van der Waals surface area contributed by atoms with Gasteiger partial charge >= 0.3 is 0 Å². The van der Waals surface area contributed by atoms with Gasteiger partial charge in [-0.1, -0.05) is 26.7 Å². The van der Waals surface area contributed by atoms with E-state index in [0.717, 1.165) is 22.7 Å². The van der Waals surface area contributed by atoms with Crippen molar-refractivity contribution in [3.63, 3.8) is 0 Å². The first-order valence-corrected chi connectivity index (χ1v) is 11.3. The van der Waals surface area contributed by atoms with Crippen LogP contribution in [0.1, 0.15) is 62.8 Å². The van der Waals surface area contributed by atoms with Crippen LogP contribution in [0.2, 0.25) is 0 Å². The molecule has 1 aliphatic rings. The second kappa shape index (κ2) is 7.58. The Morgan fingerprint density at radius 1 is 1.08 bits per heavy atom. The van der Waals surface area contributed by atoms with E-state index in [1.54, 1.807) is 17.7 Å². The first-order chi connectivity index (χ1) is 12.3. The minimum atomic E-state index is 1.12. The lowest BCUT2D eigenvalue weighted by atomic mass is 10.0. The molecule has 5 heteroatoms. The van der Waals surface area contributed by atoms with Crippen molar-refractivity contribution in [2.75, 3.05) is 5.75 Å². The molecule has 0 atom stereocenters. The van der Waals surface area contributed by atoms with Gasteiger partial charge in [0.25, 0.3) is 0 Å². The number of rotatable bonds is 7. The highest BCUT2D eigenvalue weighted by Crippen LogP contribution is 2.42. The molecule has 3 nitrogen and oxygen atoms in total. The van der Waals surface area contributed by atoms with Gasteiger partial charge in [-0.25, -0.2) is 15.0 Å². The zero-order chi connectivity index (χ0) is 17.2. The molecule has 3 aromatic rings. The Morgan fingerprint density at radius 2 is 1.92 bits per heavy atom. The molecule has 3 aromatic heterocycles. The van der Waals surface area contributed by atoms with Crippen LogP contribution in [0.15, 0.2) is 11.4 Å². The Hall–Kier alpha value is -1.20. The van der Waals surface area contributed by atoms with E-state index in [4.69, 9.17) is 4.98 Å². The summed E-state index contributed by atoms with van der Waals surface area (Å²) in [7, 11) is 0. The molecule has 0 amide bonds. The van der Waals surface area contributed by atoms with Gasteiger partial charge in [-0.05, 0) is 55.4 Å². The number of thiophene rings is 1. The third kappa shape index (κ3) is 3.17. The number of nitrogens with zero attached hydrogens (tertiary/aromatic N) is 3. The van der Waals surface area contributed by atoms with Crippen LogP contribution in [0, 0.1) is 0 Å². The van der Waals surface area contributed by atoms with Gasteiger partial charge in [0, 0.05) is 11.1 Å². The number of hydrogen-bond acceptors (Lipinski definition) is 5. The Morgan fingerprint density at radius 3 is 2.76 bits per heavy atom. The highest BCUT2D eigenvalue weighted by Gasteiger charge is 2.24. The van der Waals surface area contributed by atoms with Crippen molar-refractivity contribution in [2.24, 2.45) is 0 Å². The van der Waals surface area contributed by atoms with E-state index < -0.39 is 0 Å². The van der Waals surface area contributed by atoms with Crippen molar-refractivity contribution in [3.8, 4) is 0 Å². The monoisotopic (exact) mass is 371 g/mol. The van der Waals surface area contributed by atoms with E-state index in [1.807, 2.05) is 11.8 Å². The molecule has 0 unspecified atom stereocenters. The topological polar surface area (TPSA) is 38.7 Å². The highest BCUT2D eigenvalue weighted by atomic mass is 32.2. The number of pyridine rings is 1. The lowest BCUT2D eigenvalue weighted by Crippen LogP contribution is -1.98. The summed E-state index contributed by atoms with van der Waals surface area (Å²) in [6.45, 7) is 4.49. The molecule has 25 heavy (non-hydrogen) atoms. The van der Waals surface area contributed by atoms with Crippen LogP contribution >= 0.6 is 23.1 Å². The number of unbranched alkanes of at least 4 members (excludes halogenated alkanes) is 2. The number of hydrogen-bond donors (Lipinski definition) is 0. The molecule has 0 spiro atoms. The SMILES string of the molecule is CCCCSc1ncnc2c1sc1nc(CCCC)c3c(c12)CCC3. The molecule has 1 aliphatic carbocycles. The Labute approximate surface area is 157 Å². The molecular weight excluding hydrogens is 346 g/mol. The quantitative estimate of drug-likeness (QED) is 0.292. The average Bonchev–Trinajstić information content (AvgIpc) is 3.24. The fourth-order valence-corrected chi connectivity index (χ4v) is 6.06. The Balaban J connectivity index is 1.86. The molecular formula is C20H25N3S2. The smallest absolute Gasteiger partial charge is 0.126 e. The summed E-state index contributed by atoms with van der Waals surface area (Å²) in [4.78, 5) is 15.5. The fraction of sp³-hybridized carbons (Fsp3) is 0.550. The number of aromatic nitrogens is 3. The molecule has 4 rings (SSSR count). The maximum absolute atomic E-state index is 5.10. The summed E-state index contributed by atoms with van der Waals surface area (Å²) in [6, 6.07) is 0. The zero-order valence-electron chi connectivity index (χ0n) is 15.1. The molecule has 0 fully saturated rings. The molecule has 132 valence electrons. The first kappa shape index (κ1) is 17.2. The number of thioether (sulfide) groups is 1. The molecule has 0 aromatic carbocycles. The van der Waals surface area contributed by atoms with E-state index in [1.165, 1.54) is 76.7 Å². The minimum Gasteiger partial charge on any atom is -0.242 e. The van der Waals surface area contributed by atoms with Crippen molar-refractivity contribution < 1.29 is 0 Å². The lowest BCUT2D eigenvalue weighted by molar-refractivity contribution is 0.770. The summed E-state index contributed by atoms with van der Waals surface area (Å²) in [6.07, 6.45) is 11.4. The van der Waals surface area contributed by atoms with E-state index in [2.05, 4.69) is 23.8 Å². The van der Waals surface area contributed by atoms with Crippen molar-refractivity contribution in [3.05, 3.63) is 23.1 Å². The minimum absolute atomic E-state index is 1.12. The summed E-state index contributed by atoms with van der Waals surface area (Å²) in [5, 5.41) is 2.47. The molecule has 0 saturated carbocycles. The van der Waals surface area contributed by atoms with Crippen LogP contribution in [0.3, 0.4) is 0 Å². The molecule has 0 saturated heterocycles. The van der Waals surface area contributed by atoms with Gasteiger partial charge in [0.05, 0.1) is 10.2 Å². The van der Waals surface area contributed by atoms with E-state index >= 15 is 0 Å². The third-order valence-corrected chi connectivity index (χ3v) is 7.31. The summed E-state index contributed by atoms with van der Waals surface area (Å²) >= 11 is 3.68. The molecule has 0 radical (unpaired) electrons. The predicted octanol–water partition coefficient (Wildman–Crippen LogP) is 5.96. The predicted molar refractivity (Wildman–Crippen MR) is 109 cm³/mol. The van der Waals surface area contributed by atoms with Crippen LogP contribution in [0.5, 0.6) is 0 Å². The fourth-order valence-electron chi connectivity index (χ4n) is 3.72. The number of fused-ring (bicyclic) bond motifs is 5. The van der Waals surface area contributed by atoms with Crippen LogP contribution in [0.4, 0.5) is 0 Å². The Kier molecular flexibility index (Phi) is 5.23. The van der Waals surface area contributed by atoms with Crippen LogP contribution in [-0.4, -0.2) is 20.7 Å². The standard InChI is InChI=1S/C20H25N3S2/c1-3-5-10-15-13-8-7-9-14(13)16-17-18(25-19(16)23-15)20(22-12-21-17)24-11-6-4-2/h12H,3-11H2,1-2H3. The van der Waals surface area contributed by atoms with Gasteiger partial charge in [-0.15, -0.1) is 23.1 Å². The van der Waals surface area contributed by atoms with Crippen LogP contribution in [-0.2, 0) is 19.3 Å². The summed E-state index contributed by atoms with van der Waals surface area (Å²) in [5.74, 6) is 1.13. The summed E-state index contributed by atoms with van der Waals surface area (Å²) < 4.78 is 1.24. The highest BCUT2D eigenvalue weighted by molar-refractivity contribution is 7.99. The maximum atomic E-state index is 5.10.